The summed E-state index contributed by atoms with van der Waals surface area (Å²) in [6.07, 6.45) is -2.44. The summed E-state index contributed by atoms with van der Waals surface area (Å²) in [5.74, 6) is 0.768. The molecule has 0 bridgehead atoms. The van der Waals surface area contributed by atoms with Gasteiger partial charge in [0.15, 0.2) is 12.1 Å². The highest BCUT2D eigenvalue weighted by atomic mass is 19.4. The second kappa shape index (κ2) is 9.11. The lowest BCUT2D eigenvalue weighted by atomic mass is 9.99. The molecule has 0 aromatic carbocycles. The van der Waals surface area contributed by atoms with Crippen LogP contribution in [0.2, 0.25) is 0 Å². The molecule has 2 N–H and O–H groups in total. The van der Waals surface area contributed by atoms with Gasteiger partial charge in [-0.2, -0.15) is 13.2 Å². The maximum absolute atomic E-state index is 13.1. The Kier molecular flexibility index (Phi) is 6.24. The number of halogens is 3. The number of aliphatic hydroxyl groups excluding tert-OH is 1. The number of fused-ring (bicyclic) bond motifs is 1. The first kappa shape index (κ1) is 24.6. The Balaban J connectivity index is 1.47. The fraction of sp³-hybridized carbons (Fsp3) is 0.520. The van der Waals surface area contributed by atoms with Gasteiger partial charge in [0.25, 0.3) is 0 Å². The smallest absolute Gasteiger partial charge is 0.369 e. The van der Waals surface area contributed by atoms with Crippen molar-refractivity contribution in [3.63, 3.8) is 0 Å². The highest BCUT2D eigenvalue weighted by Gasteiger charge is 2.43. The van der Waals surface area contributed by atoms with Crippen LogP contribution in [0.25, 0.3) is 11.5 Å². The summed E-state index contributed by atoms with van der Waals surface area (Å²) < 4.78 is 40.9. The Bertz CT molecular complexity index is 1250. The fourth-order valence-electron chi connectivity index (χ4n) is 4.86. The van der Waals surface area contributed by atoms with E-state index in [1.807, 2.05) is 13.1 Å². The maximum Gasteiger partial charge on any atom is 0.391 e. The zero-order valence-corrected chi connectivity index (χ0v) is 20.5. The molecule has 3 aromatic heterocycles. The van der Waals surface area contributed by atoms with Crippen molar-refractivity contribution < 1.29 is 18.3 Å². The van der Waals surface area contributed by atoms with Crippen LogP contribution in [0.5, 0.6) is 0 Å². The zero-order valence-electron chi connectivity index (χ0n) is 20.5. The third kappa shape index (κ3) is 4.57. The fourth-order valence-corrected chi connectivity index (χ4v) is 4.86. The van der Waals surface area contributed by atoms with Crippen molar-refractivity contribution in [3.05, 3.63) is 53.1 Å². The standard InChI is InChI=1S/C25H30F3N7O/c1-4-15(11-25(26,27)28)35-14-30-33-22(35)18-6-5-7-21(32-18)34-13-17-16(23(34)36)10-20(24(2)8-9-24)31-19(17)12-29-3/h5-7,10,14-15,23,29,36H,4,8-9,11-13H2,1-3H3/t15-,23?/m1/s1. The van der Waals surface area contributed by atoms with Gasteiger partial charge in [-0.1, -0.05) is 19.9 Å². The molecule has 2 atom stereocenters. The molecule has 11 heteroatoms. The lowest BCUT2D eigenvalue weighted by Crippen LogP contribution is -2.22. The first-order valence-corrected chi connectivity index (χ1v) is 12.2. The number of alkyl halides is 3. The van der Waals surface area contributed by atoms with E-state index in [1.165, 1.54) is 10.9 Å². The Hall–Kier alpha value is -3.05. The Labute approximate surface area is 207 Å². The summed E-state index contributed by atoms with van der Waals surface area (Å²) in [6, 6.07) is 6.41. The van der Waals surface area contributed by atoms with Gasteiger partial charge in [0.1, 0.15) is 17.8 Å². The number of rotatable bonds is 8. The molecule has 4 heterocycles. The van der Waals surface area contributed by atoms with Crippen molar-refractivity contribution in [1.82, 2.24) is 30.0 Å². The summed E-state index contributed by atoms with van der Waals surface area (Å²) >= 11 is 0. The van der Waals surface area contributed by atoms with E-state index < -0.39 is 24.9 Å². The van der Waals surface area contributed by atoms with Gasteiger partial charge in [-0.25, -0.2) is 4.98 Å². The minimum absolute atomic E-state index is 0.0547. The number of hydrogen-bond acceptors (Lipinski definition) is 7. The number of aliphatic hydroxyl groups is 1. The molecular weight excluding hydrogens is 471 g/mol. The SMILES string of the molecule is CC[C@H](CC(F)(F)F)n1cnnc1-c1cccc(N2Cc3c(cc(C4(C)CC4)nc3CNC)C2O)n1. The molecule has 0 radical (unpaired) electrons. The topological polar surface area (TPSA) is 92.0 Å². The van der Waals surface area contributed by atoms with Crippen LogP contribution in [0.3, 0.4) is 0 Å². The van der Waals surface area contributed by atoms with Crippen LogP contribution in [0.15, 0.2) is 30.6 Å². The first-order valence-electron chi connectivity index (χ1n) is 12.2. The lowest BCUT2D eigenvalue weighted by Gasteiger charge is -2.23. The average molecular weight is 502 g/mol. The number of nitrogens with one attached hydrogen (secondary N) is 1. The lowest BCUT2D eigenvalue weighted by molar-refractivity contribution is -0.143. The van der Waals surface area contributed by atoms with E-state index in [-0.39, 0.29) is 17.7 Å². The quantitative estimate of drug-likeness (QED) is 0.472. The van der Waals surface area contributed by atoms with Crippen molar-refractivity contribution in [3.8, 4) is 11.5 Å². The summed E-state index contributed by atoms with van der Waals surface area (Å²) in [5.41, 5.74) is 4.15. The highest BCUT2D eigenvalue weighted by Crippen LogP contribution is 2.48. The van der Waals surface area contributed by atoms with Gasteiger partial charge in [0.2, 0.25) is 0 Å². The molecule has 1 saturated carbocycles. The third-order valence-electron chi connectivity index (χ3n) is 7.27. The number of anilines is 1. The normalized spacial score (nSPS) is 19.4. The van der Waals surface area contributed by atoms with E-state index in [4.69, 9.17) is 4.98 Å². The molecule has 1 aliphatic heterocycles. The molecule has 1 fully saturated rings. The average Bonchev–Trinajstić information content (AvgIpc) is 3.26. The molecule has 5 rings (SSSR count). The Morgan fingerprint density at radius 2 is 2.03 bits per heavy atom. The minimum Gasteiger partial charge on any atom is -0.369 e. The van der Waals surface area contributed by atoms with Gasteiger partial charge in [-0.3, -0.25) is 4.98 Å². The first-order chi connectivity index (χ1) is 17.1. The van der Waals surface area contributed by atoms with Crippen LogP contribution in [0, 0.1) is 0 Å². The van der Waals surface area contributed by atoms with E-state index in [9.17, 15) is 18.3 Å². The van der Waals surface area contributed by atoms with Crippen LogP contribution >= 0.6 is 0 Å². The molecule has 1 unspecified atom stereocenters. The summed E-state index contributed by atoms with van der Waals surface area (Å²) in [5, 5.41) is 22.4. The highest BCUT2D eigenvalue weighted by molar-refractivity contribution is 5.57. The molecule has 192 valence electrons. The van der Waals surface area contributed by atoms with Gasteiger partial charge in [-0.05, 0) is 44.5 Å². The van der Waals surface area contributed by atoms with Gasteiger partial charge < -0.3 is 19.9 Å². The predicted molar refractivity (Wildman–Crippen MR) is 128 cm³/mol. The molecule has 0 spiro atoms. The zero-order chi connectivity index (χ0) is 25.7. The minimum atomic E-state index is -4.31. The van der Waals surface area contributed by atoms with Crippen LogP contribution in [-0.2, 0) is 18.5 Å². The third-order valence-corrected chi connectivity index (χ3v) is 7.27. The molecule has 0 amide bonds. The van der Waals surface area contributed by atoms with E-state index >= 15 is 0 Å². The number of pyridine rings is 2. The monoisotopic (exact) mass is 501 g/mol. The van der Waals surface area contributed by atoms with Crippen LogP contribution in [0.1, 0.15) is 74.3 Å². The Morgan fingerprint density at radius 3 is 2.69 bits per heavy atom. The van der Waals surface area contributed by atoms with Gasteiger partial charge in [-0.15, -0.1) is 10.2 Å². The predicted octanol–water partition coefficient (Wildman–Crippen LogP) is 4.42. The van der Waals surface area contributed by atoms with Gasteiger partial charge in [0.05, 0.1) is 12.1 Å². The number of hydrogen-bond donors (Lipinski definition) is 2. The second-order valence-corrected chi connectivity index (χ2v) is 9.94. The molecule has 1 aliphatic carbocycles. The van der Waals surface area contributed by atoms with Crippen molar-refractivity contribution >= 4 is 5.82 Å². The van der Waals surface area contributed by atoms with E-state index in [0.717, 1.165) is 35.4 Å². The maximum atomic E-state index is 13.1. The van der Waals surface area contributed by atoms with Crippen LogP contribution in [0.4, 0.5) is 19.0 Å². The summed E-state index contributed by atoms with van der Waals surface area (Å²) in [4.78, 5) is 11.4. The number of nitrogens with zero attached hydrogens (tertiary/aromatic N) is 6. The molecule has 36 heavy (non-hydrogen) atoms. The second-order valence-electron chi connectivity index (χ2n) is 9.94. The molecule has 8 nitrogen and oxygen atoms in total. The van der Waals surface area contributed by atoms with E-state index in [2.05, 4.69) is 27.4 Å². The Morgan fingerprint density at radius 1 is 1.25 bits per heavy atom. The largest absolute Gasteiger partial charge is 0.391 e. The summed E-state index contributed by atoms with van der Waals surface area (Å²) in [7, 11) is 1.87. The molecule has 3 aromatic rings. The van der Waals surface area contributed by atoms with Crippen LogP contribution in [-0.4, -0.2) is 43.1 Å². The molecular formula is C25H30F3N7O. The van der Waals surface area contributed by atoms with Crippen molar-refractivity contribution in [2.24, 2.45) is 0 Å². The van der Waals surface area contributed by atoms with Gasteiger partial charge in [0, 0.05) is 41.4 Å². The van der Waals surface area contributed by atoms with E-state index in [0.29, 0.717) is 24.6 Å². The van der Waals surface area contributed by atoms with Crippen molar-refractivity contribution in [1.29, 1.82) is 0 Å². The number of aromatic nitrogens is 5. The van der Waals surface area contributed by atoms with Gasteiger partial charge >= 0.3 is 6.18 Å². The van der Waals surface area contributed by atoms with Crippen LogP contribution < -0.4 is 10.2 Å². The molecule has 0 saturated heterocycles. The van der Waals surface area contributed by atoms with Crippen molar-refractivity contribution in [2.75, 3.05) is 11.9 Å². The van der Waals surface area contributed by atoms with E-state index in [1.54, 1.807) is 30.0 Å². The molecule has 2 aliphatic rings. The van der Waals surface area contributed by atoms with Crippen molar-refractivity contribution in [2.45, 2.75) is 76.5 Å². The summed E-state index contributed by atoms with van der Waals surface area (Å²) in [6.45, 7) is 4.90.